The van der Waals surface area contributed by atoms with Crippen molar-refractivity contribution in [1.82, 2.24) is 0 Å². The number of aryl methyl sites for hydroxylation is 1. The smallest absolute Gasteiger partial charge is 0.0467 e. The number of nitrogens with zero attached hydrogens (tertiary/aromatic N) is 1. The highest BCUT2D eigenvalue weighted by Gasteiger charge is 2.35. The molecule has 0 N–H and O–H groups in total. The van der Waals surface area contributed by atoms with Crippen molar-refractivity contribution in [3.05, 3.63) is 187 Å². The summed E-state index contributed by atoms with van der Waals surface area (Å²) in [5.41, 5.74) is 15.0. The van der Waals surface area contributed by atoms with Gasteiger partial charge in [-0.15, -0.1) is 11.3 Å². The summed E-state index contributed by atoms with van der Waals surface area (Å²) < 4.78 is 2.72. The Hall–Kier alpha value is -5.96. The van der Waals surface area contributed by atoms with Gasteiger partial charge in [0.1, 0.15) is 0 Å². The topological polar surface area (TPSA) is 3.24 Å². The van der Waals surface area contributed by atoms with Gasteiger partial charge in [0.25, 0.3) is 0 Å². The molecule has 10 rings (SSSR count). The van der Waals surface area contributed by atoms with E-state index in [1.807, 2.05) is 11.3 Å². The van der Waals surface area contributed by atoms with Crippen molar-refractivity contribution in [2.24, 2.45) is 0 Å². The van der Waals surface area contributed by atoms with Crippen LogP contribution in [0.4, 0.5) is 17.1 Å². The SMILES string of the molecule is Cc1cccc2c1sc1ccc(-c3ccc(N(c4cccc(-c5cccc6ccccc56)c4)c4ccc5c(c4)C(C)(C)c4ccccc4-5)cc3)cc12. The maximum Gasteiger partial charge on any atom is 0.0467 e. The van der Waals surface area contributed by atoms with Crippen LogP contribution in [0.15, 0.2) is 170 Å². The Bertz CT molecular complexity index is 2830. The van der Waals surface area contributed by atoms with Crippen molar-refractivity contribution < 1.29 is 0 Å². The van der Waals surface area contributed by atoms with Crippen LogP contribution in [0.2, 0.25) is 0 Å². The molecule has 0 atom stereocenters. The largest absolute Gasteiger partial charge is 0.310 e. The first-order chi connectivity index (χ1) is 25.4. The molecule has 2 heteroatoms. The van der Waals surface area contributed by atoms with E-state index in [0.29, 0.717) is 0 Å². The fourth-order valence-corrected chi connectivity index (χ4v) is 9.64. The third-order valence-electron chi connectivity index (χ3n) is 11.2. The highest BCUT2D eigenvalue weighted by atomic mass is 32.1. The van der Waals surface area contributed by atoms with Crippen LogP contribution in [0.1, 0.15) is 30.5 Å². The number of rotatable bonds is 5. The third kappa shape index (κ3) is 4.82. The molecule has 1 aliphatic carbocycles. The van der Waals surface area contributed by atoms with Crippen LogP contribution >= 0.6 is 11.3 Å². The van der Waals surface area contributed by atoms with Gasteiger partial charge in [-0.2, -0.15) is 0 Å². The zero-order chi connectivity index (χ0) is 35.0. The van der Waals surface area contributed by atoms with E-state index in [1.165, 1.54) is 81.0 Å². The summed E-state index contributed by atoms with van der Waals surface area (Å²) in [6.07, 6.45) is 0. The summed E-state index contributed by atoms with van der Waals surface area (Å²) in [6.45, 7) is 6.93. The molecule has 8 aromatic carbocycles. The minimum atomic E-state index is -0.0920. The molecule has 0 radical (unpaired) electrons. The van der Waals surface area contributed by atoms with E-state index in [4.69, 9.17) is 0 Å². The fraction of sp³-hybridized carbons (Fsp3) is 0.0800. The third-order valence-corrected chi connectivity index (χ3v) is 12.5. The molecular weight excluding hydrogens is 647 g/mol. The number of thiophene rings is 1. The zero-order valence-electron chi connectivity index (χ0n) is 29.5. The van der Waals surface area contributed by atoms with E-state index in [1.54, 1.807) is 0 Å². The van der Waals surface area contributed by atoms with Gasteiger partial charge in [0, 0.05) is 42.6 Å². The number of fused-ring (bicyclic) bond motifs is 7. The molecule has 0 unspecified atom stereocenters. The Labute approximate surface area is 309 Å². The lowest BCUT2D eigenvalue weighted by molar-refractivity contribution is 0.660. The van der Waals surface area contributed by atoms with Crippen LogP contribution in [0.3, 0.4) is 0 Å². The lowest BCUT2D eigenvalue weighted by atomic mass is 9.82. The average Bonchev–Trinajstić information content (AvgIpc) is 3.67. The monoisotopic (exact) mass is 683 g/mol. The summed E-state index contributed by atoms with van der Waals surface area (Å²) in [7, 11) is 0. The average molecular weight is 684 g/mol. The van der Waals surface area contributed by atoms with Crippen molar-refractivity contribution in [1.29, 1.82) is 0 Å². The molecule has 0 amide bonds. The molecule has 0 saturated heterocycles. The molecule has 0 bridgehead atoms. The molecule has 0 aliphatic heterocycles. The Balaban J connectivity index is 1.11. The summed E-state index contributed by atoms with van der Waals surface area (Å²) in [4.78, 5) is 2.43. The fourth-order valence-electron chi connectivity index (χ4n) is 8.49. The number of anilines is 3. The summed E-state index contributed by atoms with van der Waals surface area (Å²) in [6, 6.07) is 62.9. The first kappa shape index (κ1) is 30.8. The maximum atomic E-state index is 2.43. The molecule has 248 valence electrons. The zero-order valence-corrected chi connectivity index (χ0v) is 30.3. The highest BCUT2D eigenvalue weighted by Crippen LogP contribution is 2.51. The van der Waals surface area contributed by atoms with Crippen molar-refractivity contribution in [2.45, 2.75) is 26.2 Å². The van der Waals surface area contributed by atoms with Gasteiger partial charge >= 0.3 is 0 Å². The van der Waals surface area contributed by atoms with Gasteiger partial charge in [-0.25, -0.2) is 0 Å². The van der Waals surface area contributed by atoms with Crippen molar-refractivity contribution in [3.63, 3.8) is 0 Å². The van der Waals surface area contributed by atoms with Gasteiger partial charge in [0.15, 0.2) is 0 Å². The predicted molar refractivity (Wildman–Crippen MR) is 225 cm³/mol. The molecule has 1 heterocycles. The molecule has 52 heavy (non-hydrogen) atoms. The van der Waals surface area contributed by atoms with E-state index < -0.39 is 0 Å². The van der Waals surface area contributed by atoms with Crippen LogP contribution in [0.25, 0.3) is 64.3 Å². The molecule has 0 spiro atoms. The van der Waals surface area contributed by atoms with Crippen molar-refractivity contribution >= 4 is 59.3 Å². The molecule has 1 aliphatic rings. The van der Waals surface area contributed by atoms with Crippen LogP contribution < -0.4 is 4.90 Å². The van der Waals surface area contributed by atoms with Gasteiger partial charge in [0.2, 0.25) is 0 Å². The molecular formula is C50H37NS. The second kappa shape index (κ2) is 11.8. The quantitative estimate of drug-likeness (QED) is 0.175. The highest BCUT2D eigenvalue weighted by molar-refractivity contribution is 7.26. The Morgan fingerprint density at radius 1 is 0.442 bits per heavy atom. The van der Waals surface area contributed by atoms with Gasteiger partial charge in [0.05, 0.1) is 0 Å². The Morgan fingerprint density at radius 2 is 1.12 bits per heavy atom. The summed E-state index contributed by atoms with van der Waals surface area (Å²) in [5.74, 6) is 0. The van der Waals surface area contributed by atoms with E-state index in [-0.39, 0.29) is 5.41 Å². The van der Waals surface area contributed by atoms with E-state index in [0.717, 1.165) is 17.1 Å². The summed E-state index contributed by atoms with van der Waals surface area (Å²) >= 11 is 1.89. The lowest BCUT2D eigenvalue weighted by Crippen LogP contribution is -2.16. The maximum absolute atomic E-state index is 2.43. The van der Waals surface area contributed by atoms with Crippen LogP contribution in [0, 0.1) is 6.92 Å². The number of hydrogen-bond acceptors (Lipinski definition) is 2. The van der Waals surface area contributed by atoms with Crippen LogP contribution in [0.5, 0.6) is 0 Å². The molecule has 0 fully saturated rings. The second-order valence-electron chi connectivity index (χ2n) is 14.6. The Kier molecular flexibility index (Phi) is 7.00. The molecule has 0 saturated carbocycles. The molecule has 1 nitrogen and oxygen atoms in total. The van der Waals surface area contributed by atoms with Gasteiger partial charge < -0.3 is 4.90 Å². The van der Waals surface area contributed by atoms with Crippen molar-refractivity contribution in [2.75, 3.05) is 4.90 Å². The summed E-state index contributed by atoms with van der Waals surface area (Å²) in [5, 5.41) is 5.19. The predicted octanol–water partition coefficient (Wildman–Crippen LogP) is 14.6. The first-order valence-corrected chi connectivity index (χ1v) is 18.9. The lowest BCUT2D eigenvalue weighted by Gasteiger charge is -2.28. The van der Waals surface area contributed by atoms with Crippen LogP contribution in [-0.4, -0.2) is 0 Å². The van der Waals surface area contributed by atoms with Crippen LogP contribution in [-0.2, 0) is 5.41 Å². The molecule has 1 aromatic heterocycles. The van der Waals surface area contributed by atoms with E-state index in [9.17, 15) is 0 Å². The minimum absolute atomic E-state index is 0.0920. The van der Waals surface area contributed by atoms with Gasteiger partial charge in [-0.05, 0) is 116 Å². The molecule has 9 aromatic rings. The number of benzene rings is 8. The van der Waals surface area contributed by atoms with E-state index in [2.05, 4.69) is 196 Å². The standard InChI is InChI=1S/C50H37NS/c1-32-11-8-19-44-45-30-35(23-28-48(45)52-49(32)44)33-21-24-37(25-22-33)51(39-26-27-43-42-17-6-7-20-46(42)50(2,3)47(43)31-39)38-15-9-14-36(29-38)41-18-10-13-34-12-4-5-16-40(34)41/h4-31H,1-3H3. The second-order valence-corrected chi connectivity index (χ2v) is 15.7. The first-order valence-electron chi connectivity index (χ1n) is 18.1. The normalized spacial score (nSPS) is 13.1. The number of hydrogen-bond donors (Lipinski definition) is 0. The Morgan fingerprint density at radius 3 is 2.02 bits per heavy atom. The van der Waals surface area contributed by atoms with Gasteiger partial charge in [-0.3, -0.25) is 0 Å². The van der Waals surface area contributed by atoms with Crippen molar-refractivity contribution in [3.8, 4) is 33.4 Å². The van der Waals surface area contributed by atoms with Gasteiger partial charge in [-0.1, -0.05) is 135 Å². The minimum Gasteiger partial charge on any atom is -0.310 e. The van der Waals surface area contributed by atoms with E-state index >= 15 is 0 Å².